The van der Waals surface area contributed by atoms with E-state index in [0.717, 1.165) is 13.0 Å². The van der Waals surface area contributed by atoms with Crippen molar-refractivity contribution in [2.75, 3.05) is 19.6 Å². The molecule has 140 valence electrons. The lowest BCUT2D eigenvalue weighted by Crippen LogP contribution is -2.31. The normalized spacial score (nSPS) is 10.4. The van der Waals surface area contributed by atoms with E-state index < -0.39 is 10.8 Å². The van der Waals surface area contributed by atoms with E-state index in [2.05, 4.69) is 4.90 Å². The van der Waals surface area contributed by atoms with Crippen molar-refractivity contribution >= 4 is 24.0 Å². The quantitative estimate of drug-likeness (QED) is 0.512. The van der Waals surface area contributed by atoms with Crippen LogP contribution in [0.5, 0.6) is 0 Å². The number of rotatable bonds is 9. The number of nitro groups is 1. The molecule has 2 aromatic rings. The number of nitro benzene ring substituents is 1. The Morgan fingerprint density at radius 2 is 1.81 bits per heavy atom. The Morgan fingerprint density at radius 1 is 1.12 bits per heavy atom. The van der Waals surface area contributed by atoms with Crippen LogP contribution in [0.4, 0.5) is 5.69 Å². The maximum atomic E-state index is 11.3. The van der Waals surface area contributed by atoms with Gasteiger partial charge in [-0.2, -0.15) is 0 Å². The van der Waals surface area contributed by atoms with Crippen LogP contribution < -0.4 is 11.5 Å². The van der Waals surface area contributed by atoms with Gasteiger partial charge in [-0.15, -0.1) is 12.4 Å². The SMILES string of the molecule is Cl.NCCN(CCc1ccccc1)Cc1ccc(C(N)=O)cc1[N+](=O)[O-]. The van der Waals surface area contributed by atoms with Crippen LogP contribution in [0.15, 0.2) is 48.5 Å². The van der Waals surface area contributed by atoms with E-state index in [-0.39, 0.29) is 23.7 Å². The molecule has 0 heterocycles. The molecule has 7 nitrogen and oxygen atoms in total. The van der Waals surface area contributed by atoms with Crippen LogP contribution >= 0.6 is 12.4 Å². The minimum absolute atomic E-state index is 0. The molecule has 0 fully saturated rings. The summed E-state index contributed by atoms with van der Waals surface area (Å²) in [6.45, 7) is 2.21. The lowest BCUT2D eigenvalue weighted by molar-refractivity contribution is -0.385. The second kappa shape index (κ2) is 10.5. The Kier molecular flexibility index (Phi) is 8.71. The van der Waals surface area contributed by atoms with Crippen LogP contribution in [0.3, 0.4) is 0 Å². The Bertz CT molecular complexity index is 740. The van der Waals surface area contributed by atoms with Gasteiger partial charge >= 0.3 is 0 Å². The van der Waals surface area contributed by atoms with Crippen molar-refractivity contribution in [2.45, 2.75) is 13.0 Å². The molecule has 0 aromatic heterocycles. The van der Waals surface area contributed by atoms with Crippen molar-refractivity contribution in [1.82, 2.24) is 4.90 Å². The second-order valence-electron chi connectivity index (χ2n) is 5.77. The molecule has 1 amide bonds. The van der Waals surface area contributed by atoms with E-state index >= 15 is 0 Å². The molecule has 0 unspecified atom stereocenters. The van der Waals surface area contributed by atoms with E-state index in [1.165, 1.54) is 17.7 Å². The molecule has 0 saturated carbocycles. The maximum absolute atomic E-state index is 11.3. The highest BCUT2D eigenvalue weighted by molar-refractivity contribution is 5.93. The smallest absolute Gasteiger partial charge is 0.274 e. The highest BCUT2D eigenvalue weighted by atomic mass is 35.5. The predicted molar refractivity (Wildman–Crippen MR) is 103 cm³/mol. The fourth-order valence-corrected chi connectivity index (χ4v) is 2.65. The van der Waals surface area contributed by atoms with Crippen molar-refractivity contribution in [3.63, 3.8) is 0 Å². The monoisotopic (exact) mass is 378 g/mol. The van der Waals surface area contributed by atoms with Crippen LogP contribution in [0.25, 0.3) is 0 Å². The summed E-state index contributed by atoms with van der Waals surface area (Å²) in [7, 11) is 0. The third-order valence-corrected chi connectivity index (χ3v) is 3.97. The van der Waals surface area contributed by atoms with Gasteiger partial charge in [-0.3, -0.25) is 19.8 Å². The minimum atomic E-state index is -0.683. The first kappa shape index (κ1) is 21.6. The van der Waals surface area contributed by atoms with Gasteiger partial charge in [-0.05, 0) is 18.1 Å². The van der Waals surface area contributed by atoms with Crippen molar-refractivity contribution in [1.29, 1.82) is 0 Å². The van der Waals surface area contributed by atoms with Gasteiger partial charge in [0.25, 0.3) is 5.69 Å². The zero-order valence-corrected chi connectivity index (χ0v) is 15.2. The van der Waals surface area contributed by atoms with Crippen LogP contribution in [0.1, 0.15) is 21.5 Å². The fraction of sp³-hybridized carbons (Fsp3) is 0.278. The molecule has 0 aliphatic carbocycles. The van der Waals surface area contributed by atoms with Crippen LogP contribution in [-0.2, 0) is 13.0 Å². The standard InChI is InChI=1S/C18H22N4O3.ClH/c19-9-11-21(10-8-14-4-2-1-3-5-14)13-16-7-6-15(18(20)23)12-17(16)22(24)25;/h1-7,12H,8-11,13,19H2,(H2,20,23);1H. The first-order chi connectivity index (χ1) is 12.0. The molecule has 0 aliphatic heterocycles. The molecule has 0 radical (unpaired) electrons. The average Bonchev–Trinajstić information content (AvgIpc) is 2.60. The molecule has 0 saturated heterocycles. The highest BCUT2D eigenvalue weighted by Crippen LogP contribution is 2.22. The molecule has 2 aromatic carbocycles. The van der Waals surface area contributed by atoms with Gasteiger partial charge in [-0.1, -0.05) is 36.4 Å². The number of benzene rings is 2. The zero-order valence-electron chi connectivity index (χ0n) is 14.3. The average molecular weight is 379 g/mol. The number of primary amides is 1. The number of carbonyl (C=O) groups excluding carboxylic acids is 1. The van der Waals surface area contributed by atoms with Crippen molar-refractivity contribution in [2.24, 2.45) is 11.5 Å². The molecule has 8 heteroatoms. The number of carbonyl (C=O) groups is 1. The summed E-state index contributed by atoms with van der Waals surface area (Å²) in [5, 5.41) is 11.3. The summed E-state index contributed by atoms with van der Waals surface area (Å²) in [5.41, 5.74) is 12.6. The second-order valence-corrected chi connectivity index (χ2v) is 5.77. The summed E-state index contributed by atoms with van der Waals surface area (Å²) in [6.07, 6.45) is 0.827. The molecule has 0 spiro atoms. The molecular formula is C18H23ClN4O3. The van der Waals surface area contributed by atoms with Gasteiger partial charge < -0.3 is 11.5 Å². The number of halogens is 1. The molecule has 0 aliphatic rings. The highest BCUT2D eigenvalue weighted by Gasteiger charge is 2.18. The van der Waals surface area contributed by atoms with E-state index in [0.29, 0.717) is 25.2 Å². The first-order valence-corrected chi connectivity index (χ1v) is 8.04. The van der Waals surface area contributed by atoms with Crippen LogP contribution in [0, 0.1) is 10.1 Å². The van der Waals surface area contributed by atoms with Crippen LogP contribution in [-0.4, -0.2) is 35.4 Å². The maximum Gasteiger partial charge on any atom is 0.274 e. The lowest BCUT2D eigenvalue weighted by Gasteiger charge is -2.21. The summed E-state index contributed by atoms with van der Waals surface area (Å²) in [6, 6.07) is 14.4. The van der Waals surface area contributed by atoms with Gasteiger partial charge in [0, 0.05) is 43.4 Å². The fourth-order valence-electron chi connectivity index (χ4n) is 2.65. The van der Waals surface area contributed by atoms with Crippen molar-refractivity contribution in [3.05, 3.63) is 75.3 Å². The van der Waals surface area contributed by atoms with E-state index in [9.17, 15) is 14.9 Å². The van der Waals surface area contributed by atoms with Gasteiger partial charge in [0.05, 0.1) is 4.92 Å². The third-order valence-electron chi connectivity index (χ3n) is 3.97. The van der Waals surface area contributed by atoms with Gasteiger partial charge in [0.2, 0.25) is 5.91 Å². The summed E-state index contributed by atoms with van der Waals surface area (Å²) >= 11 is 0. The Hall–Kier alpha value is -2.48. The largest absolute Gasteiger partial charge is 0.366 e. The minimum Gasteiger partial charge on any atom is -0.366 e. The lowest BCUT2D eigenvalue weighted by atomic mass is 10.1. The number of nitrogens with zero attached hydrogens (tertiary/aromatic N) is 2. The van der Waals surface area contributed by atoms with Crippen molar-refractivity contribution in [3.8, 4) is 0 Å². The van der Waals surface area contributed by atoms with Gasteiger partial charge in [0.15, 0.2) is 0 Å². The molecule has 0 atom stereocenters. The summed E-state index contributed by atoms with van der Waals surface area (Å²) in [4.78, 5) is 24.2. The van der Waals surface area contributed by atoms with Crippen LogP contribution in [0.2, 0.25) is 0 Å². The Labute approximate surface area is 158 Å². The van der Waals surface area contributed by atoms with E-state index in [1.807, 2.05) is 30.3 Å². The molecular weight excluding hydrogens is 356 g/mol. The number of nitrogens with two attached hydrogens (primary N) is 2. The molecule has 26 heavy (non-hydrogen) atoms. The van der Waals surface area contributed by atoms with Gasteiger partial charge in [-0.25, -0.2) is 0 Å². The van der Waals surface area contributed by atoms with E-state index in [1.54, 1.807) is 6.07 Å². The topological polar surface area (TPSA) is 115 Å². The summed E-state index contributed by atoms with van der Waals surface area (Å²) < 4.78 is 0. The molecule has 4 N–H and O–H groups in total. The van der Waals surface area contributed by atoms with Crippen molar-refractivity contribution < 1.29 is 9.72 Å². The Morgan fingerprint density at radius 3 is 2.38 bits per heavy atom. The number of amides is 1. The number of hydrogen-bond acceptors (Lipinski definition) is 5. The summed E-state index contributed by atoms with van der Waals surface area (Å²) in [5.74, 6) is -0.683. The van der Waals surface area contributed by atoms with E-state index in [4.69, 9.17) is 11.5 Å². The first-order valence-electron chi connectivity index (χ1n) is 8.04. The zero-order chi connectivity index (χ0) is 18.2. The van der Waals surface area contributed by atoms with Gasteiger partial charge in [0.1, 0.15) is 0 Å². The Balaban J connectivity index is 0.00000338. The molecule has 0 bridgehead atoms. The third kappa shape index (κ3) is 6.11. The predicted octanol–water partition coefficient (Wildman–Crippen LogP) is 2.12. The molecule has 2 rings (SSSR count). The number of hydrogen-bond donors (Lipinski definition) is 2.